The quantitative estimate of drug-likeness (QED) is 0.876. The van der Waals surface area contributed by atoms with Gasteiger partial charge in [0.05, 0.1) is 17.0 Å². The van der Waals surface area contributed by atoms with E-state index in [4.69, 9.17) is 4.74 Å². The minimum Gasteiger partial charge on any atom is -0.376 e. The number of hydrogen-bond donors (Lipinski definition) is 1. The summed E-state index contributed by atoms with van der Waals surface area (Å²) in [6.07, 6.45) is 3.84. The summed E-state index contributed by atoms with van der Waals surface area (Å²) in [5.41, 5.74) is 0.459. The van der Waals surface area contributed by atoms with Gasteiger partial charge in [-0.05, 0) is 56.9 Å². The van der Waals surface area contributed by atoms with E-state index in [9.17, 15) is 13.2 Å². The number of sulfonamides is 1. The van der Waals surface area contributed by atoms with Crippen LogP contribution >= 0.6 is 0 Å². The van der Waals surface area contributed by atoms with Crippen LogP contribution < -0.4 is 5.32 Å². The lowest BCUT2D eigenvalue weighted by atomic mass is 10.1. The zero-order valence-corrected chi connectivity index (χ0v) is 14.7. The summed E-state index contributed by atoms with van der Waals surface area (Å²) in [7, 11) is -3.44. The molecule has 132 valence electrons. The molecule has 0 radical (unpaired) electrons. The summed E-state index contributed by atoms with van der Waals surface area (Å²) in [5, 5.41) is 2.93. The molecule has 1 aromatic carbocycles. The van der Waals surface area contributed by atoms with Crippen molar-refractivity contribution in [1.29, 1.82) is 0 Å². The topological polar surface area (TPSA) is 75.7 Å². The third-order valence-electron chi connectivity index (χ3n) is 4.70. The van der Waals surface area contributed by atoms with Crippen LogP contribution in [-0.4, -0.2) is 50.5 Å². The summed E-state index contributed by atoms with van der Waals surface area (Å²) < 4.78 is 32.0. The second-order valence-corrected chi connectivity index (χ2v) is 8.39. The smallest absolute Gasteiger partial charge is 0.251 e. The lowest BCUT2D eigenvalue weighted by Crippen LogP contribution is -2.40. The molecule has 1 aromatic rings. The fourth-order valence-electron chi connectivity index (χ4n) is 3.24. The molecule has 0 aliphatic carbocycles. The van der Waals surface area contributed by atoms with Gasteiger partial charge in [0, 0.05) is 25.3 Å². The molecule has 7 heteroatoms. The monoisotopic (exact) mass is 352 g/mol. The fourth-order valence-corrected chi connectivity index (χ4v) is 4.75. The van der Waals surface area contributed by atoms with Crippen LogP contribution in [0.1, 0.15) is 43.0 Å². The minimum absolute atomic E-state index is 0.0590. The molecule has 2 heterocycles. The number of rotatable bonds is 5. The molecular weight excluding hydrogens is 328 g/mol. The lowest BCUT2D eigenvalue weighted by molar-refractivity contribution is 0.0712. The van der Waals surface area contributed by atoms with Gasteiger partial charge in [-0.1, -0.05) is 0 Å². The number of ether oxygens (including phenoxy) is 1. The molecule has 0 aromatic heterocycles. The number of carbonyl (C=O) groups excluding carboxylic acids is 1. The van der Waals surface area contributed by atoms with Crippen molar-refractivity contribution >= 4 is 15.9 Å². The molecule has 24 heavy (non-hydrogen) atoms. The molecule has 2 unspecified atom stereocenters. The van der Waals surface area contributed by atoms with E-state index in [0.717, 1.165) is 32.3 Å². The molecule has 2 aliphatic rings. The molecule has 2 fully saturated rings. The van der Waals surface area contributed by atoms with Crippen molar-refractivity contribution in [3.63, 3.8) is 0 Å². The second kappa shape index (κ2) is 7.21. The Bertz CT molecular complexity index is 675. The van der Waals surface area contributed by atoms with E-state index in [0.29, 0.717) is 18.7 Å². The molecule has 3 rings (SSSR count). The van der Waals surface area contributed by atoms with Crippen LogP contribution in [0.25, 0.3) is 0 Å². The maximum absolute atomic E-state index is 12.5. The Morgan fingerprint density at radius 3 is 2.46 bits per heavy atom. The van der Waals surface area contributed by atoms with E-state index >= 15 is 0 Å². The summed E-state index contributed by atoms with van der Waals surface area (Å²) >= 11 is 0. The zero-order valence-electron chi connectivity index (χ0n) is 13.9. The zero-order chi connectivity index (χ0) is 17.2. The van der Waals surface area contributed by atoms with Crippen LogP contribution in [0.4, 0.5) is 0 Å². The highest BCUT2D eigenvalue weighted by molar-refractivity contribution is 7.89. The minimum atomic E-state index is -3.44. The van der Waals surface area contributed by atoms with Gasteiger partial charge in [-0.25, -0.2) is 8.42 Å². The Hall–Kier alpha value is -1.44. The van der Waals surface area contributed by atoms with E-state index in [-0.39, 0.29) is 22.9 Å². The SMILES string of the molecule is CC(NC(=O)c1ccc(S(=O)(=O)N2CCCC2)cc1)C1CCCO1. The van der Waals surface area contributed by atoms with E-state index in [1.807, 2.05) is 6.92 Å². The first-order chi connectivity index (χ1) is 11.5. The third kappa shape index (κ3) is 3.63. The van der Waals surface area contributed by atoms with E-state index < -0.39 is 10.0 Å². The molecule has 1 amide bonds. The summed E-state index contributed by atoms with van der Waals surface area (Å²) in [5.74, 6) is -0.205. The normalized spacial score (nSPS) is 23.3. The number of amides is 1. The number of nitrogens with one attached hydrogen (secondary N) is 1. The van der Waals surface area contributed by atoms with Gasteiger partial charge in [-0.15, -0.1) is 0 Å². The Labute approximate surface area is 143 Å². The molecule has 2 saturated heterocycles. The average molecular weight is 352 g/mol. The van der Waals surface area contributed by atoms with Gasteiger partial charge in [-0.2, -0.15) is 4.31 Å². The molecular formula is C17H24N2O4S. The van der Waals surface area contributed by atoms with Crippen molar-refractivity contribution < 1.29 is 17.9 Å². The van der Waals surface area contributed by atoms with Gasteiger partial charge in [0.25, 0.3) is 5.91 Å². The number of benzene rings is 1. The highest BCUT2D eigenvalue weighted by atomic mass is 32.2. The van der Waals surface area contributed by atoms with Gasteiger partial charge in [0.15, 0.2) is 0 Å². The average Bonchev–Trinajstić information content (AvgIpc) is 3.28. The van der Waals surface area contributed by atoms with Crippen LogP contribution in [-0.2, 0) is 14.8 Å². The summed E-state index contributed by atoms with van der Waals surface area (Å²) in [4.78, 5) is 12.5. The van der Waals surface area contributed by atoms with E-state index in [1.165, 1.54) is 16.4 Å². The van der Waals surface area contributed by atoms with Crippen LogP contribution in [0, 0.1) is 0 Å². The Morgan fingerprint density at radius 1 is 1.21 bits per heavy atom. The standard InChI is InChI=1S/C17H24N2O4S/c1-13(16-5-4-12-23-16)18-17(20)14-6-8-15(9-7-14)24(21,22)19-10-2-3-11-19/h6-9,13,16H,2-5,10-12H2,1H3,(H,18,20). The Morgan fingerprint density at radius 2 is 1.88 bits per heavy atom. The molecule has 0 bridgehead atoms. The Balaban J connectivity index is 1.66. The predicted octanol–water partition coefficient (Wildman–Crippen LogP) is 1.77. The fraction of sp³-hybridized carbons (Fsp3) is 0.588. The number of carbonyl (C=O) groups is 1. The van der Waals surface area contributed by atoms with Crippen molar-refractivity contribution in [3.05, 3.63) is 29.8 Å². The summed E-state index contributed by atoms with van der Waals surface area (Å²) in [6, 6.07) is 6.10. The largest absolute Gasteiger partial charge is 0.376 e. The second-order valence-electron chi connectivity index (χ2n) is 6.45. The third-order valence-corrected chi connectivity index (χ3v) is 6.61. The first-order valence-corrected chi connectivity index (χ1v) is 9.95. The first-order valence-electron chi connectivity index (χ1n) is 8.51. The predicted molar refractivity (Wildman–Crippen MR) is 90.3 cm³/mol. The van der Waals surface area contributed by atoms with Gasteiger partial charge in [0.2, 0.25) is 10.0 Å². The van der Waals surface area contributed by atoms with Crippen LogP contribution in [0.5, 0.6) is 0 Å². The highest BCUT2D eigenvalue weighted by Crippen LogP contribution is 2.21. The molecule has 2 aliphatic heterocycles. The Kier molecular flexibility index (Phi) is 5.22. The lowest BCUT2D eigenvalue weighted by Gasteiger charge is -2.20. The number of hydrogen-bond acceptors (Lipinski definition) is 4. The highest BCUT2D eigenvalue weighted by Gasteiger charge is 2.27. The number of nitrogens with zero attached hydrogens (tertiary/aromatic N) is 1. The maximum atomic E-state index is 12.5. The van der Waals surface area contributed by atoms with Crippen molar-refractivity contribution in [2.24, 2.45) is 0 Å². The maximum Gasteiger partial charge on any atom is 0.251 e. The van der Waals surface area contributed by atoms with Crippen molar-refractivity contribution in [2.75, 3.05) is 19.7 Å². The van der Waals surface area contributed by atoms with Crippen LogP contribution in [0.2, 0.25) is 0 Å². The summed E-state index contributed by atoms with van der Waals surface area (Å²) in [6.45, 7) is 3.82. The van der Waals surface area contributed by atoms with Gasteiger partial charge >= 0.3 is 0 Å². The van der Waals surface area contributed by atoms with Crippen molar-refractivity contribution in [2.45, 2.75) is 49.6 Å². The van der Waals surface area contributed by atoms with Crippen molar-refractivity contribution in [3.8, 4) is 0 Å². The van der Waals surface area contributed by atoms with Crippen LogP contribution in [0.3, 0.4) is 0 Å². The van der Waals surface area contributed by atoms with Gasteiger partial charge in [0.1, 0.15) is 0 Å². The molecule has 0 saturated carbocycles. The van der Waals surface area contributed by atoms with E-state index in [2.05, 4.69) is 5.32 Å². The van der Waals surface area contributed by atoms with Crippen LogP contribution in [0.15, 0.2) is 29.2 Å². The van der Waals surface area contributed by atoms with E-state index in [1.54, 1.807) is 12.1 Å². The molecule has 6 nitrogen and oxygen atoms in total. The van der Waals surface area contributed by atoms with Gasteiger partial charge < -0.3 is 10.1 Å². The first kappa shape index (κ1) is 17.4. The van der Waals surface area contributed by atoms with Gasteiger partial charge in [-0.3, -0.25) is 4.79 Å². The molecule has 0 spiro atoms. The van der Waals surface area contributed by atoms with Crippen molar-refractivity contribution in [1.82, 2.24) is 9.62 Å². The molecule has 1 N–H and O–H groups in total. The molecule has 2 atom stereocenters.